The van der Waals surface area contributed by atoms with E-state index in [0.717, 1.165) is 42.3 Å². The van der Waals surface area contributed by atoms with Crippen molar-refractivity contribution in [3.8, 4) is 22.8 Å². The summed E-state index contributed by atoms with van der Waals surface area (Å²) in [5, 5.41) is 14.5. The van der Waals surface area contributed by atoms with Crippen LogP contribution in [0.15, 0.2) is 143 Å². The third-order valence-corrected chi connectivity index (χ3v) is 9.36. The van der Waals surface area contributed by atoms with E-state index in [1.165, 1.54) is 0 Å². The summed E-state index contributed by atoms with van der Waals surface area (Å²) in [5.41, 5.74) is 4.23. The Hall–Kier alpha value is -6.52. The first-order chi connectivity index (χ1) is 29.7. The predicted octanol–water partition coefficient (Wildman–Crippen LogP) is 8.91. The van der Waals surface area contributed by atoms with E-state index in [1.54, 1.807) is 57.7 Å². The van der Waals surface area contributed by atoms with E-state index >= 15 is 0 Å². The van der Waals surface area contributed by atoms with E-state index in [1.807, 2.05) is 97.1 Å². The van der Waals surface area contributed by atoms with Gasteiger partial charge in [0.25, 0.3) is 0 Å². The number of carboxylic acid groups (broad SMARTS) is 1. The SMILES string of the molecule is CC(C)(C)OC(=O)[C@H](Cc1ccc(-c2ncc(Br)cn2)cc1)NC(=O)OCc1ccccc1.O=C(N[C@@H](Cc1ccc(-c2ncc(Br)cn2)cc1)C(=O)O)OCc1ccccc1. The number of carboxylic acids is 1. The number of alkyl carbamates (subject to hydrolysis) is 2. The molecular weight excluding hydrogens is 924 g/mol. The maximum atomic E-state index is 12.8. The van der Waals surface area contributed by atoms with Crippen molar-refractivity contribution < 1.29 is 38.5 Å². The van der Waals surface area contributed by atoms with Gasteiger partial charge in [0.05, 0.1) is 8.95 Å². The number of nitrogens with zero attached hydrogens (tertiary/aromatic N) is 4. The Balaban J connectivity index is 0.000000236. The molecule has 2 heterocycles. The third kappa shape index (κ3) is 15.8. The lowest BCUT2D eigenvalue weighted by Gasteiger charge is -2.24. The standard InChI is InChI=1S/C25H26BrN3O4.C21H18BrN3O4/c1-25(2,3)33-23(30)21(29-24(31)32-16-18-7-5-4-6-8-18)13-17-9-11-19(12-10-17)22-27-14-20(26)15-28-22;22-17-11-23-19(24-12-17)16-8-6-14(7-9-16)10-18(20(26)27)25-21(28)29-13-15-4-2-1-3-5-15/h4-12,14-15,21H,13,16H2,1-3H3,(H,29,31);1-9,11-12,18H,10,13H2,(H,25,28)(H,26,27)/t21-;18-/m00/s1. The Morgan fingerprint density at radius 1 is 0.565 bits per heavy atom. The van der Waals surface area contributed by atoms with Crippen LogP contribution < -0.4 is 10.6 Å². The summed E-state index contributed by atoms with van der Waals surface area (Å²) in [7, 11) is 0. The Labute approximate surface area is 375 Å². The van der Waals surface area contributed by atoms with Crippen molar-refractivity contribution in [2.75, 3.05) is 0 Å². The van der Waals surface area contributed by atoms with Crippen LogP contribution in [0.3, 0.4) is 0 Å². The monoisotopic (exact) mass is 966 g/mol. The molecule has 0 aliphatic heterocycles. The maximum Gasteiger partial charge on any atom is 0.408 e. The molecular formula is C46H44Br2N6O8. The van der Waals surface area contributed by atoms with Crippen LogP contribution in [0.5, 0.6) is 0 Å². The van der Waals surface area contributed by atoms with Crippen LogP contribution >= 0.6 is 31.9 Å². The number of benzene rings is 4. The third-order valence-electron chi connectivity index (χ3n) is 8.54. The van der Waals surface area contributed by atoms with E-state index in [0.29, 0.717) is 11.6 Å². The molecule has 0 saturated carbocycles. The van der Waals surface area contributed by atoms with Crippen molar-refractivity contribution in [3.63, 3.8) is 0 Å². The number of halogens is 2. The van der Waals surface area contributed by atoms with Gasteiger partial charge in [0.15, 0.2) is 11.6 Å². The Morgan fingerprint density at radius 3 is 1.31 bits per heavy atom. The minimum atomic E-state index is -1.14. The number of hydrogen-bond acceptors (Lipinski definition) is 11. The molecule has 0 radical (unpaired) electrons. The molecule has 2 aromatic heterocycles. The molecule has 3 N–H and O–H groups in total. The number of carbonyl (C=O) groups is 4. The molecule has 0 aliphatic carbocycles. The van der Waals surface area contributed by atoms with Gasteiger partial charge in [0, 0.05) is 48.8 Å². The summed E-state index contributed by atoms with van der Waals surface area (Å²) in [6, 6.07) is 31.2. The van der Waals surface area contributed by atoms with Gasteiger partial charge in [0.2, 0.25) is 0 Å². The molecule has 4 aromatic carbocycles. The summed E-state index contributed by atoms with van der Waals surface area (Å²) < 4.78 is 17.5. The summed E-state index contributed by atoms with van der Waals surface area (Å²) >= 11 is 6.61. The second-order valence-corrected chi connectivity index (χ2v) is 16.5. The van der Waals surface area contributed by atoms with Crippen molar-refractivity contribution in [2.45, 2.75) is 64.5 Å². The molecule has 2 atom stereocenters. The van der Waals surface area contributed by atoms with Crippen molar-refractivity contribution in [1.82, 2.24) is 30.6 Å². The van der Waals surface area contributed by atoms with Gasteiger partial charge >= 0.3 is 24.1 Å². The molecule has 2 amide bonds. The van der Waals surface area contributed by atoms with Gasteiger partial charge in [-0.1, -0.05) is 109 Å². The molecule has 0 bridgehead atoms. The highest BCUT2D eigenvalue weighted by Crippen LogP contribution is 2.20. The second-order valence-electron chi connectivity index (χ2n) is 14.6. The molecule has 0 unspecified atom stereocenters. The minimum Gasteiger partial charge on any atom is -0.480 e. The predicted molar refractivity (Wildman–Crippen MR) is 238 cm³/mol. The van der Waals surface area contributed by atoms with E-state index < -0.39 is 41.8 Å². The molecule has 6 aromatic rings. The molecule has 0 spiro atoms. The molecule has 14 nitrogen and oxygen atoms in total. The second kappa shape index (κ2) is 22.9. The van der Waals surface area contributed by atoms with Gasteiger partial charge < -0.3 is 30.0 Å². The van der Waals surface area contributed by atoms with Crippen molar-refractivity contribution in [3.05, 3.63) is 165 Å². The van der Waals surface area contributed by atoms with Crippen LogP contribution in [0, 0.1) is 0 Å². The van der Waals surface area contributed by atoms with E-state index in [2.05, 4.69) is 62.4 Å². The zero-order valence-electron chi connectivity index (χ0n) is 34.0. The van der Waals surface area contributed by atoms with Gasteiger partial charge in [-0.05, 0) is 74.9 Å². The van der Waals surface area contributed by atoms with Crippen LogP contribution in [0.25, 0.3) is 22.8 Å². The lowest BCUT2D eigenvalue weighted by molar-refractivity contribution is -0.157. The molecule has 6 rings (SSSR count). The van der Waals surface area contributed by atoms with E-state index in [9.17, 15) is 24.3 Å². The number of aromatic nitrogens is 4. The highest BCUT2D eigenvalue weighted by molar-refractivity contribution is 9.10. The normalized spacial score (nSPS) is 11.8. The summed E-state index contributed by atoms with van der Waals surface area (Å²) in [6.45, 7) is 5.52. The van der Waals surface area contributed by atoms with Crippen LogP contribution in [0.1, 0.15) is 43.0 Å². The average molecular weight is 969 g/mol. The Morgan fingerprint density at radius 2 is 0.935 bits per heavy atom. The molecule has 0 fully saturated rings. The zero-order chi connectivity index (χ0) is 44.5. The van der Waals surface area contributed by atoms with Crippen LogP contribution in [-0.4, -0.2) is 66.9 Å². The number of rotatable bonds is 14. The number of nitrogens with one attached hydrogen (secondary N) is 2. The summed E-state index contributed by atoms with van der Waals surface area (Å²) in [5.74, 6) is -0.505. The molecule has 62 heavy (non-hydrogen) atoms. The lowest BCUT2D eigenvalue weighted by atomic mass is 10.0. The maximum absolute atomic E-state index is 12.8. The van der Waals surface area contributed by atoms with E-state index in [4.69, 9.17) is 14.2 Å². The summed E-state index contributed by atoms with van der Waals surface area (Å²) in [4.78, 5) is 65.7. The number of ether oxygens (including phenoxy) is 3. The van der Waals surface area contributed by atoms with Crippen LogP contribution in [0.2, 0.25) is 0 Å². The fourth-order valence-electron chi connectivity index (χ4n) is 5.55. The molecule has 0 aliphatic rings. The number of esters is 1. The first kappa shape index (κ1) is 46.5. The smallest absolute Gasteiger partial charge is 0.408 e. The fourth-order valence-corrected chi connectivity index (χ4v) is 5.96. The largest absolute Gasteiger partial charge is 0.480 e. The average Bonchev–Trinajstić information content (AvgIpc) is 3.26. The highest BCUT2D eigenvalue weighted by Gasteiger charge is 2.28. The van der Waals surface area contributed by atoms with Gasteiger partial charge in [-0.15, -0.1) is 0 Å². The fraction of sp³-hybridized carbons (Fsp3) is 0.217. The van der Waals surface area contributed by atoms with Gasteiger partial charge in [-0.3, -0.25) is 0 Å². The Kier molecular flexibility index (Phi) is 17.2. The van der Waals surface area contributed by atoms with Gasteiger partial charge in [-0.25, -0.2) is 39.1 Å². The Bertz CT molecular complexity index is 2370. The van der Waals surface area contributed by atoms with Gasteiger partial charge in [0.1, 0.15) is 30.9 Å². The summed E-state index contributed by atoms with van der Waals surface area (Å²) in [6.07, 6.45) is 5.58. The number of hydrogen-bond donors (Lipinski definition) is 3. The lowest BCUT2D eigenvalue weighted by Crippen LogP contribution is -2.45. The highest BCUT2D eigenvalue weighted by atomic mass is 79.9. The van der Waals surface area contributed by atoms with Crippen LogP contribution in [-0.2, 0) is 49.9 Å². The van der Waals surface area contributed by atoms with Crippen molar-refractivity contribution in [1.29, 1.82) is 0 Å². The van der Waals surface area contributed by atoms with Crippen molar-refractivity contribution >= 4 is 56.0 Å². The van der Waals surface area contributed by atoms with Crippen LogP contribution in [0.4, 0.5) is 9.59 Å². The number of aliphatic carboxylic acids is 1. The quantitative estimate of drug-likeness (QED) is 0.0695. The first-order valence-electron chi connectivity index (χ1n) is 19.2. The molecule has 16 heteroatoms. The van der Waals surface area contributed by atoms with Gasteiger partial charge in [-0.2, -0.15) is 0 Å². The topological polar surface area (TPSA) is 192 Å². The minimum absolute atomic E-state index is 0.0703. The van der Waals surface area contributed by atoms with E-state index in [-0.39, 0.29) is 26.1 Å². The first-order valence-corrected chi connectivity index (χ1v) is 20.8. The molecule has 320 valence electrons. The van der Waals surface area contributed by atoms with Crippen molar-refractivity contribution in [2.24, 2.45) is 0 Å². The molecule has 0 saturated heterocycles. The number of amides is 2. The number of carbonyl (C=O) groups excluding carboxylic acids is 3. The zero-order valence-corrected chi connectivity index (χ0v) is 37.2.